The minimum atomic E-state index is -0.618. The van der Waals surface area contributed by atoms with Crippen molar-refractivity contribution in [2.75, 3.05) is 25.1 Å². The van der Waals surface area contributed by atoms with Gasteiger partial charge in [0.05, 0.1) is 28.7 Å². The van der Waals surface area contributed by atoms with Crippen molar-refractivity contribution < 1.29 is 33.4 Å². The molecule has 11 heteroatoms. The van der Waals surface area contributed by atoms with Gasteiger partial charge in [0.1, 0.15) is 13.2 Å². The molecule has 1 fully saturated rings. The van der Waals surface area contributed by atoms with Crippen molar-refractivity contribution in [1.82, 2.24) is 4.90 Å². The number of ether oxygens (including phenoxy) is 3. The Labute approximate surface area is 281 Å². The lowest BCUT2D eigenvalue weighted by molar-refractivity contribution is -0.127. The van der Waals surface area contributed by atoms with E-state index in [1.807, 2.05) is 38.1 Å². The third-order valence-electron chi connectivity index (χ3n) is 7.20. The summed E-state index contributed by atoms with van der Waals surface area (Å²) in [7, 11) is 0. The maximum atomic E-state index is 13.2. The molecule has 9 nitrogen and oxygen atoms in total. The third kappa shape index (κ3) is 8.33. The Hall–Kier alpha value is -4.80. The molecule has 0 aliphatic carbocycles. The maximum Gasteiger partial charge on any atom is 0.339 e. The van der Waals surface area contributed by atoms with Gasteiger partial charge in [-0.15, -0.1) is 0 Å². The predicted octanol–water partition coefficient (Wildman–Crippen LogP) is 8.10. The van der Waals surface area contributed by atoms with E-state index in [9.17, 15) is 19.2 Å². The first kappa shape index (κ1) is 33.6. The monoisotopic (exact) mass is 672 g/mol. The smallest absolute Gasteiger partial charge is 0.339 e. The molecule has 1 heterocycles. The Balaban J connectivity index is 1.24. The summed E-state index contributed by atoms with van der Waals surface area (Å²) in [6.45, 7) is 4.32. The second-order valence-electron chi connectivity index (χ2n) is 10.6. The lowest BCUT2D eigenvalue weighted by atomic mass is 10.1. The van der Waals surface area contributed by atoms with Crippen LogP contribution in [0, 0.1) is 0 Å². The zero-order chi connectivity index (χ0) is 33.3. The van der Waals surface area contributed by atoms with Crippen LogP contribution in [0.1, 0.15) is 48.2 Å². The Morgan fingerprint density at radius 3 is 2.55 bits per heavy atom. The van der Waals surface area contributed by atoms with Gasteiger partial charge in [0.25, 0.3) is 11.1 Å². The third-order valence-corrected chi connectivity index (χ3v) is 8.44. The first-order valence-electron chi connectivity index (χ1n) is 15.2. The number of hydrogen-bond donors (Lipinski definition) is 1. The largest absolute Gasteiger partial charge is 0.490 e. The van der Waals surface area contributed by atoms with Gasteiger partial charge in [-0.25, -0.2) is 4.79 Å². The molecule has 0 unspecified atom stereocenters. The van der Waals surface area contributed by atoms with Crippen LogP contribution < -0.4 is 14.8 Å². The number of halogens is 1. The quantitative estimate of drug-likeness (QED) is 0.0862. The van der Waals surface area contributed by atoms with Crippen molar-refractivity contribution in [2.24, 2.45) is 0 Å². The summed E-state index contributed by atoms with van der Waals surface area (Å²) in [5.41, 5.74) is 2.04. The fraction of sp³-hybridized carbons (Fsp3) is 0.222. The van der Waals surface area contributed by atoms with Gasteiger partial charge in [-0.05, 0) is 83.4 Å². The van der Waals surface area contributed by atoms with Crippen LogP contribution in [0.25, 0.3) is 16.8 Å². The SMILES string of the molecule is CCCCOC(=O)c1cc(NC(=O)CN2C(=O)S/C(=C/c3ccc(OCc4cccc5ccccc45)c(OCC)c3)C2=O)ccc1Cl. The molecule has 0 aromatic heterocycles. The van der Waals surface area contributed by atoms with Crippen LogP contribution in [0.4, 0.5) is 10.5 Å². The van der Waals surface area contributed by atoms with Gasteiger partial charge in [-0.2, -0.15) is 0 Å². The Morgan fingerprint density at radius 2 is 1.74 bits per heavy atom. The number of benzene rings is 4. The summed E-state index contributed by atoms with van der Waals surface area (Å²) in [4.78, 5) is 52.2. The summed E-state index contributed by atoms with van der Waals surface area (Å²) >= 11 is 6.90. The van der Waals surface area contributed by atoms with Crippen molar-refractivity contribution in [2.45, 2.75) is 33.3 Å². The number of amides is 3. The summed E-state index contributed by atoms with van der Waals surface area (Å²) in [5, 5.41) is 4.45. The molecule has 1 aliphatic rings. The van der Waals surface area contributed by atoms with Gasteiger partial charge < -0.3 is 19.5 Å². The number of hydrogen-bond acceptors (Lipinski definition) is 8. The number of fused-ring (bicyclic) bond motifs is 1. The average Bonchev–Trinajstić information content (AvgIpc) is 3.32. The molecule has 242 valence electrons. The van der Waals surface area contributed by atoms with Gasteiger partial charge in [0.2, 0.25) is 5.91 Å². The van der Waals surface area contributed by atoms with E-state index >= 15 is 0 Å². The van der Waals surface area contributed by atoms with Gasteiger partial charge in [-0.1, -0.05) is 73.5 Å². The minimum absolute atomic E-state index is 0.103. The van der Waals surface area contributed by atoms with Crippen LogP contribution in [-0.2, 0) is 20.9 Å². The number of thioether (sulfide) groups is 1. The van der Waals surface area contributed by atoms with Crippen molar-refractivity contribution >= 4 is 68.9 Å². The van der Waals surface area contributed by atoms with Gasteiger partial charge in [-0.3, -0.25) is 19.3 Å². The van der Waals surface area contributed by atoms with E-state index in [1.54, 1.807) is 24.3 Å². The molecular formula is C36H33ClN2O7S. The van der Waals surface area contributed by atoms with Crippen LogP contribution >= 0.6 is 23.4 Å². The van der Waals surface area contributed by atoms with Crippen LogP contribution in [-0.4, -0.2) is 47.7 Å². The van der Waals surface area contributed by atoms with Gasteiger partial charge in [0, 0.05) is 5.69 Å². The van der Waals surface area contributed by atoms with Crippen molar-refractivity contribution in [3.8, 4) is 11.5 Å². The second kappa shape index (κ2) is 15.7. The molecule has 0 atom stereocenters. The number of anilines is 1. The van der Waals surface area contributed by atoms with Gasteiger partial charge >= 0.3 is 5.97 Å². The van der Waals surface area contributed by atoms with Crippen LogP contribution in [0.5, 0.6) is 11.5 Å². The molecule has 47 heavy (non-hydrogen) atoms. The zero-order valence-corrected chi connectivity index (χ0v) is 27.5. The number of nitrogens with zero attached hydrogens (tertiary/aromatic N) is 1. The highest BCUT2D eigenvalue weighted by Crippen LogP contribution is 2.35. The van der Waals surface area contributed by atoms with E-state index in [1.165, 1.54) is 18.2 Å². The van der Waals surface area contributed by atoms with E-state index in [4.69, 9.17) is 25.8 Å². The van der Waals surface area contributed by atoms with E-state index in [0.717, 1.165) is 39.4 Å². The number of carbonyl (C=O) groups excluding carboxylic acids is 4. The highest BCUT2D eigenvalue weighted by molar-refractivity contribution is 8.18. The molecule has 0 radical (unpaired) electrons. The molecular weight excluding hydrogens is 640 g/mol. The lowest BCUT2D eigenvalue weighted by Gasteiger charge is -2.14. The Morgan fingerprint density at radius 1 is 0.936 bits per heavy atom. The highest BCUT2D eigenvalue weighted by atomic mass is 35.5. The number of imide groups is 1. The fourth-order valence-electron chi connectivity index (χ4n) is 4.85. The number of nitrogens with one attached hydrogen (secondary N) is 1. The topological polar surface area (TPSA) is 111 Å². The zero-order valence-electron chi connectivity index (χ0n) is 25.9. The minimum Gasteiger partial charge on any atom is -0.490 e. The molecule has 0 bridgehead atoms. The predicted molar refractivity (Wildman–Crippen MR) is 184 cm³/mol. The molecule has 0 saturated carbocycles. The second-order valence-corrected chi connectivity index (χ2v) is 12.0. The molecule has 0 spiro atoms. The first-order valence-corrected chi connectivity index (χ1v) is 16.3. The summed E-state index contributed by atoms with van der Waals surface area (Å²) in [5.74, 6) is -0.779. The number of rotatable bonds is 13. The molecule has 1 aliphatic heterocycles. The van der Waals surface area contributed by atoms with E-state index in [0.29, 0.717) is 36.7 Å². The number of unbranched alkanes of at least 4 members (excludes halogenated alkanes) is 1. The average molecular weight is 673 g/mol. The maximum absolute atomic E-state index is 13.2. The molecule has 5 rings (SSSR count). The standard InChI is InChI=1S/C36H33ClN2O7S/c1-3-5-17-45-35(42)28-20-26(14-15-29(28)37)38-33(40)21-39-34(41)32(47-36(39)43)19-23-13-16-30(31(18-23)44-4-2)46-22-25-11-8-10-24-9-6-7-12-27(24)25/h6-16,18-20H,3-5,17,21-22H2,1-2H3,(H,38,40)/b32-19+. The highest BCUT2D eigenvalue weighted by Gasteiger charge is 2.36. The normalized spacial score (nSPS) is 13.7. The number of carbonyl (C=O) groups is 4. The lowest BCUT2D eigenvalue weighted by Crippen LogP contribution is -2.36. The summed E-state index contributed by atoms with van der Waals surface area (Å²) in [6, 6.07) is 23.8. The van der Waals surface area contributed by atoms with Crippen molar-refractivity contribution in [3.05, 3.63) is 105 Å². The van der Waals surface area contributed by atoms with Crippen LogP contribution in [0.15, 0.2) is 83.8 Å². The van der Waals surface area contributed by atoms with E-state index < -0.39 is 29.6 Å². The Kier molecular flexibility index (Phi) is 11.2. The molecule has 4 aromatic rings. The summed E-state index contributed by atoms with van der Waals surface area (Å²) in [6.07, 6.45) is 3.16. The van der Waals surface area contributed by atoms with Gasteiger partial charge in [0.15, 0.2) is 11.5 Å². The van der Waals surface area contributed by atoms with Crippen molar-refractivity contribution in [3.63, 3.8) is 0 Å². The summed E-state index contributed by atoms with van der Waals surface area (Å²) < 4.78 is 17.2. The Bertz CT molecular complexity index is 1850. The molecule has 1 N–H and O–H groups in total. The molecule has 4 aromatic carbocycles. The van der Waals surface area contributed by atoms with E-state index in [-0.39, 0.29) is 27.8 Å². The van der Waals surface area contributed by atoms with Crippen LogP contribution in [0.2, 0.25) is 5.02 Å². The van der Waals surface area contributed by atoms with Crippen LogP contribution in [0.3, 0.4) is 0 Å². The number of esters is 1. The van der Waals surface area contributed by atoms with Crippen molar-refractivity contribution in [1.29, 1.82) is 0 Å². The first-order chi connectivity index (χ1) is 22.8. The molecule has 1 saturated heterocycles. The van der Waals surface area contributed by atoms with E-state index in [2.05, 4.69) is 23.5 Å². The fourth-order valence-corrected chi connectivity index (χ4v) is 5.89. The molecule has 3 amide bonds.